The summed E-state index contributed by atoms with van der Waals surface area (Å²) in [7, 11) is 1.41. The second kappa shape index (κ2) is 5.31. The molecule has 104 valence electrons. The number of aromatic nitrogens is 1. The molecule has 8 nitrogen and oxygen atoms in total. The molecule has 2 rings (SSSR count). The maximum Gasteiger partial charge on any atom is 0.399 e. The zero-order chi connectivity index (χ0) is 14.7. The summed E-state index contributed by atoms with van der Waals surface area (Å²) in [6.07, 6.45) is 0.665. The molecule has 0 unspecified atom stereocenters. The second-order valence-electron chi connectivity index (χ2n) is 3.67. The SMILES string of the molecule is COc1cc(Oc2nc(C(=O)O)co2)cc(C(N)=O)c1. The van der Waals surface area contributed by atoms with Crippen LogP contribution in [0.15, 0.2) is 28.9 Å². The first kappa shape index (κ1) is 13.4. The molecule has 2 aromatic rings. The Balaban J connectivity index is 2.29. The fraction of sp³-hybridized carbons (Fsp3) is 0.0833. The molecule has 0 saturated heterocycles. The lowest BCUT2D eigenvalue weighted by atomic mass is 10.2. The van der Waals surface area contributed by atoms with E-state index in [0.29, 0.717) is 5.75 Å². The van der Waals surface area contributed by atoms with Crippen LogP contribution in [0.3, 0.4) is 0 Å². The normalized spacial score (nSPS) is 10.1. The second-order valence-corrected chi connectivity index (χ2v) is 3.67. The highest BCUT2D eigenvalue weighted by Gasteiger charge is 2.13. The van der Waals surface area contributed by atoms with E-state index in [1.807, 2.05) is 0 Å². The van der Waals surface area contributed by atoms with E-state index in [-0.39, 0.29) is 23.1 Å². The summed E-state index contributed by atoms with van der Waals surface area (Å²) >= 11 is 0. The Morgan fingerprint density at radius 2 is 2.00 bits per heavy atom. The van der Waals surface area contributed by atoms with Crippen molar-refractivity contribution in [1.82, 2.24) is 4.98 Å². The molecule has 0 aliphatic heterocycles. The van der Waals surface area contributed by atoms with Crippen LogP contribution >= 0.6 is 0 Å². The topological polar surface area (TPSA) is 125 Å². The zero-order valence-electron chi connectivity index (χ0n) is 10.3. The maximum atomic E-state index is 11.2. The van der Waals surface area contributed by atoms with Gasteiger partial charge in [0.05, 0.1) is 7.11 Å². The van der Waals surface area contributed by atoms with Crippen LogP contribution in [-0.4, -0.2) is 29.1 Å². The van der Waals surface area contributed by atoms with Gasteiger partial charge in [-0.05, 0) is 12.1 Å². The molecule has 1 aromatic carbocycles. The highest BCUT2D eigenvalue weighted by Crippen LogP contribution is 2.26. The molecule has 0 saturated carbocycles. The average Bonchev–Trinajstić information content (AvgIpc) is 2.87. The zero-order valence-corrected chi connectivity index (χ0v) is 10.3. The molecule has 1 heterocycles. The number of aromatic carboxylic acids is 1. The number of carboxylic acid groups (broad SMARTS) is 1. The molecule has 1 aromatic heterocycles. The first-order valence-electron chi connectivity index (χ1n) is 5.35. The highest BCUT2D eigenvalue weighted by atomic mass is 16.6. The number of rotatable bonds is 5. The van der Waals surface area contributed by atoms with Gasteiger partial charge in [-0.15, -0.1) is 0 Å². The lowest BCUT2D eigenvalue weighted by Crippen LogP contribution is -2.11. The summed E-state index contributed by atoms with van der Waals surface area (Å²) in [5.74, 6) is -1.38. The van der Waals surface area contributed by atoms with E-state index in [9.17, 15) is 9.59 Å². The smallest absolute Gasteiger partial charge is 0.399 e. The van der Waals surface area contributed by atoms with E-state index in [1.54, 1.807) is 0 Å². The van der Waals surface area contributed by atoms with E-state index >= 15 is 0 Å². The van der Waals surface area contributed by atoms with Crippen molar-refractivity contribution in [2.75, 3.05) is 7.11 Å². The minimum absolute atomic E-state index is 0.171. The van der Waals surface area contributed by atoms with Crippen LogP contribution < -0.4 is 15.2 Å². The fourth-order valence-corrected chi connectivity index (χ4v) is 1.39. The van der Waals surface area contributed by atoms with Gasteiger partial charge in [0.25, 0.3) is 0 Å². The van der Waals surface area contributed by atoms with Crippen molar-refractivity contribution in [3.05, 3.63) is 35.7 Å². The minimum atomic E-state index is -1.24. The van der Waals surface area contributed by atoms with Crippen LogP contribution in [0, 0.1) is 0 Å². The third-order valence-corrected chi connectivity index (χ3v) is 2.31. The van der Waals surface area contributed by atoms with Crippen LogP contribution in [0.1, 0.15) is 20.8 Å². The van der Waals surface area contributed by atoms with Crippen LogP contribution in [0.25, 0.3) is 0 Å². The number of carboxylic acids is 1. The largest absolute Gasteiger partial charge is 0.497 e. The molecule has 1 amide bonds. The van der Waals surface area contributed by atoms with Gasteiger partial charge in [-0.25, -0.2) is 4.79 Å². The quantitative estimate of drug-likeness (QED) is 0.843. The van der Waals surface area contributed by atoms with Gasteiger partial charge in [0.1, 0.15) is 17.8 Å². The predicted octanol–water partition coefficient (Wildman–Crippen LogP) is 1.27. The highest BCUT2D eigenvalue weighted by molar-refractivity contribution is 5.93. The molecular formula is C12H10N2O6. The molecule has 0 spiro atoms. The van der Waals surface area contributed by atoms with E-state index in [1.165, 1.54) is 25.3 Å². The van der Waals surface area contributed by atoms with Crippen molar-refractivity contribution >= 4 is 11.9 Å². The van der Waals surface area contributed by atoms with Crippen LogP contribution in [0.5, 0.6) is 17.6 Å². The predicted molar refractivity (Wildman–Crippen MR) is 65.0 cm³/mol. The van der Waals surface area contributed by atoms with Gasteiger partial charge in [-0.1, -0.05) is 0 Å². The van der Waals surface area contributed by atoms with Gasteiger partial charge < -0.3 is 24.7 Å². The van der Waals surface area contributed by atoms with E-state index < -0.39 is 11.9 Å². The van der Waals surface area contributed by atoms with E-state index in [4.69, 9.17) is 24.7 Å². The summed E-state index contributed by atoms with van der Waals surface area (Å²) in [4.78, 5) is 25.4. The first-order chi connectivity index (χ1) is 9.49. The van der Waals surface area contributed by atoms with Crippen molar-refractivity contribution in [3.63, 3.8) is 0 Å². The number of ether oxygens (including phenoxy) is 2. The molecule has 8 heteroatoms. The number of benzene rings is 1. The Labute approximate surface area is 112 Å². The summed E-state index contributed by atoms with van der Waals surface area (Å²) in [5, 5.41) is 8.70. The Bertz CT molecular complexity index is 664. The molecule has 20 heavy (non-hydrogen) atoms. The Morgan fingerprint density at radius 1 is 1.30 bits per heavy atom. The summed E-state index contributed by atoms with van der Waals surface area (Å²) < 4.78 is 15.0. The fourth-order valence-electron chi connectivity index (χ4n) is 1.39. The van der Waals surface area contributed by atoms with Crippen molar-refractivity contribution < 1.29 is 28.6 Å². The number of carbonyl (C=O) groups excluding carboxylic acids is 1. The van der Waals surface area contributed by atoms with Gasteiger partial charge in [0, 0.05) is 11.6 Å². The molecule has 0 radical (unpaired) electrons. The first-order valence-corrected chi connectivity index (χ1v) is 5.35. The average molecular weight is 278 g/mol. The van der Waals surface area contributed by atoms with Crippen LogP contribution in [0.2, 0.25) is 0 Å². The van der Waals surface area contributed by atoms with Gasteiger partial charge >= 0.3 is 12.0 Å². The number of methoxy groups -OCH3 is 1. The number of hydrogen-bond acceptors (Lipinski definition) is 6. The minimum Gasteiger partial charge on any atom is -0.497 e. The van der Waals surface area contributed by atoms with Crippen molar-refractivity contribution in [2.45, 2.75) is 0 Å². The van der Waals surface area contributed by atoms with Gasteiger partial charge in [0.2, 0.25) is 5.91 Å². The molecule has 3 N–H and O–H groups in total. The molecular weight excluding hydrogens is 268 g/mol. The van der Waals surface area contributed by atoms with E-state index in [2.05, 4.69) is 4.98 Å². The molecule has 0 atom stereocenters. The number of carbonyl (C=O) groups is 2. The maximum absolute atomic E-state index is 11.2. The lowest BCUT2D eigenvalue weighted by Gasteiger charge is -2.06. The Kier molecular flexibility index (Phi) is 3.56. The third kappa shape index (κ3) is 2.86. The monoisotopic (exact) mass is 278 g/mol. The number of hydrogen-bond donors (Lipinski definition) is 2. The summed E-state index contributed by atoms with van der Waals surface area (Å²) in [5.41, 5.74) is 5.05. The standard InChI is InChI=1S/C12H10N2O6/c1-18-7-2-6(10(13)15)3-8(4-7)20-12-14-9(5-19-12)11(16)17/h2-5H,1H3,(H2,13,15)(H,16,17). The van der Waals surface area contributed by atoms with Crippen molar-refractivity contribution in [3.8, 4) is 17.6 Å². The molecule has 0 aliphatic rings. The number of nitrogens with two attached hydrogens (primary N) is 1. The third-order valence-electron chi connectivity index (χ3n) is 2.31. The van der Waals surface area contributed by atoms with Crippen molar-refractivity contribution in [1.29, 1.82) is 0 Å². The number of oxazole rings is 1. The van der Waals surface area contributed by atoms with Crippen LogP contribution in [0.4, 0.5) is 0 Å². The Morgan fingerprint density at radius 3 is 2.55 bits per heavy atom. The number of nitrogens with zero attached hydrogens (tertiary/aromatic N) is 1. The van der Waals surface area contributed by atoms with Gasteiger partial charge in [-0.3, -0.25) is 4.79 Å². The molecule has 0 bridgehead atoms. The summed E-state index contributed by atoms with van der Waals surface area (Å²) in [6.45, 7) is 0. The number of amides is 1. The molecule has 0 aliphatic carbocycles. The Hall–Kier alpha value is -3.03. The van der Waals surface area contributed by atoms with E-state index in [0.717, 1.165) is 6.26 Å². The van der Waals surface area contributed by atoms with Crippen LogP contribution in [-0.2, 0) is 0 Å². The summed E-state index contributed by atoms with van der Waals surface area (Å²) in [6, 6.07) is 4.26. The number of primary amides is 1. The lowest BCUT2D eigenvalue weighted by molar-refractivity contribution is 0.0690. The molecule has 0 fully saturated rings. The van der Waals surface area contributed by atoms with Crippen molar-refractivity contribution in [2.24, 2.45) is 5.73 Å². The van der Waals surface area contributed by atoms with Gasteiger partial charge in [-0.2, -0.15) is 4.98 Å². The van der Waals surface area contributed by atoms with Gasteiger partial charge in [0.15, 0.2) is 5.69 Å².